The predicted molar refractivity (Wildman–Crippen MR) is 50.0 cm³/mol. The summed E-state index contributed by atoms with van der Waals surface area (Å²) in [5, 5.41) is 0. The van der Waals surface area contributed by atoms with Gasteiger partial charge in [-0.25, -0.2) is 0 Å². The molecule has 0 radical (unpaired) electrons. The van der Waals surface area contributed by atoms with Crippen LogP contribution in [0.1, 0.15) is 39.5 Å². The van der Waals surface area contributed by atoms with Crippen molar-refractivity contribution in [2.45, 2.75) is 45.6 Å². The molecule has 1 aliphatic carbocycles. The zero-order chi connectivity index (χ0) is 8.55. The molecule has 1 saturated carbocycles. The Morgan fingerprint density at radius 1 is 1.00 bits per heavy atom. The Morgan fingerprint density at radius 2 is 1.83 bits per heavy atom. The fourth-order valence-corrected chi connectivity index (χ4v) is 2.86. The molecule has 4 atom stereocenters. The van der Waals surface area contributed by atoms with E-state index in [-0.39, 0.29) is 0 Å². The van der Waals surface area contributed by atoms with Crippen molar-refractivity contribution in [3.05, 3.63) is 0 Å². The second kappa shape index (κ2) is 3.37. The van der Waals surface area contributed by atoms with Gasteiger partial charge in [-0.3, -0.25) is 0 Å². The molecule has 0 N–H and O–H groups in total. The lowest BCUT2D eigenvalue weighted by Crippen LogP contribution is -2.36. The van der Waals surface area contributed by atoms with Crippen molar-refractivity contribution in [1.82, 2.24) is 0 Å². The Hall–Kier alpha value is -0.0400. The van der Waals surface area contributed by atoms with Crippen molar-refractivity contribution in [3.8, 4) is 0 Å². The SMILES string of the molecule is CC1CCC2CC(C)OCC2C1. The molecule has 1 saturated heterocycles. The van der Waals surface area contributed by atoms with Crippen LogP contribution in [0.15, 0.2) is 0 Å². The molecule has 2 rings (SSSR count). The zero-order valence-corrected chi connectivity index (χ0v) is 8.25. The summed E-state index contributed by atoms with van der Waals surface area (Å²) in [5.41, 5.74) is 0. The summed E-state index contributed by atoms with van der Waals surface area (Å²) in [4.78, 5) is 0. The fraction of sp³-hybridized carbons (Fsp3) is 1.00. The molecule has 12 heavy (non-hydrogen) atoms. The molecular formula is C11H20O. The molecule has 0 bridgehead atoms. The van der Waals surface area contributed by atoms with Crippen molar-refractivity contribution < 1.29 is 4.74 Å². The first-order valence-electron chi connectivity index (χ1n) is 5.37. The molecule has 4 unspecified atom stereocenters. The van der Waals surface area contributed by atoms with E-state index in [1.807, 2.05) is 0 Å². The van der Waals surface area contributed by atoms with Crippen LogP contribution in [0.25, 0.3) is 0 Å². The van der Waals surface area contributed by atoms with Crippen LogP contribution in [0, 0.1) is 17.8 Å². The Balaban J connectivity index is 1.94. The third-order valence-electron chi connectivity index (χ3n) is 3.63. The molecule has 2 aliphatic rings. The average Bonchev–Trinajstić information content (AvgIpc) is 2.05. The van der Waals surface area contributed by atoms with Crippen LogP contribution in [0.5, 0.6) is 0 Å². The van der Waals surface area contributed by atoms with Crippen molar-refractivity contribution in [2.75, 3.05) is 6.61 Å². The van der Waals surface area contributed by atoms with Gasteiger partial charge in [0, 0.05) is 0 Å². The van der Waals surface area contributed by atoms with Crippen LogP contribution in [0.2, 0.25) is 0 Å². The number of hydrogen-bond acceptors (Lipinski definition) is 1. The molecule has 70 valence electrons. The number of hydrogen-bond donors (Lipinski definition) is 0. The van der Waals surface area contributed by atoms with Crippen LogP contribution < -0.4 is 0 Å². The van der Waals surface area contributed by atoms with E-state index >= 15 is 0 Å². The van der Waals surface area contributed by atoms with Gasteiger partial charge in [0.25, 0.3) is 0 Å². The summed E-state index contributed by atoms with van der Waals surface area (Å²) >= 11 is 0. The van der Waals surface area contributed by atoms with Gasteiger partial charge in [-0.1, -0.05) is 13.3 Å². The largest absolute Gasteiger partial charge is 0.378 e. The molecule has 0 aromatic rings. The summed E-state index contributed by atoms with van der Waals surface area (Å²) in [5.74, 6) is 2.83. The van der Waals surface area contributed by atoms with Gasteiger partial charge in [-0.15, -0.1) is 0 Å². The molecule has 2 fully saturated rings. The van der Waals surface area contributed by atoms with E-state index in [0.29, 0.717) is 6.10 Å². The molecule has 0 amide bonds. The van der Waals surface area contributed by atoms with E-state index in [4.69, 9.17) is 4.74 Å². The summed E-state index contributed by atoms with van der Waals surface area (Å²) < 4.78 is 5.70. The first-order chi connectivity index (χ1) is 5.75. The van der Waals surface area contributed by atoms with Crippen molar-refractivity contribution in [3.63, 3.8) is 0 Å². The molecule has 0 aromatic heterocycles. The van der Waals surface area contributed by atoms with Gasteiger partial charge < -0.3 is 4.74 Å². The molecular weight excluding hydrogens is 148 g/mol. The summed E-state index contributed by atoms with van der Waals surface area (Å²) in [7, 11) is 0. The second-order valence-electron chi connectivity index (χ2n) is 4.82. The normalized spacial score (nSPS) is 48.5. The quantitative estimate of drug-likeness (QED) is 0.540. The minimum atomic E-state index is 0.527. The highest BCUT2D eigenvalue weighted by atomic mass is 16.5. The minimum absolute atomic E-state index is 0.527. The Labute approximate surface area is 75.5 Å². The molecule has 1 aliphatic heterocycles. The Bertz CT molecular complexity index is 137. The smallest absolute Gasteiger partial charge is 0.0549 e. The molecule has 1 heterocycles. The minimum Gasteiger partial charge on any atom is -0.378 e. The summed E-state index contributed by atoms with van der Waals surface area (Å²) in [6.45, 7) is 5.64. The van der Waals surface area contributed by atoms with Crippen molar-refractivity contribution >= 4 is 0 Å². The predicted octanol–water partition coefficient (Wildman–Crippen LogP) is 2.85. The zero-order valence-electron chi connectivity index (χ0n) is 8.25. The van der Waals surface area contributed by atoms with Gasteiger partial charge in [0.05, 0.1) is 12.7 Å². The second-order valence-corrected chi connectivity index (χ2v) is 4.82. The summed E-state index contributed by atoms with van der Waals surface area (Å²) in [6, 6.07) is 0. The maximum Gasteiger partial charge on any atom is 0.0549 e. The Kier molecular flexibility index (Phi) is 2.40. The lowest BCUT2D eigenvalue weighted by Gasteiger charge is -2.40. The Morgan fingerprint density at radius 3 is 2.67 bits per heavy atom. The number of fused-ring (bicyclic) bond motifs is 1. The number of ether oxygens (including phenoxy) is 1. The van der Waals surface area contributed by atoms with Crippen LogP contribution in [-0.2, 0) is 4.74 Å². The topological polar surface area (TPSA) is 9.23 Å². The monoisotopic (exact) mass is 168 g/mol. The van der Waals surface area contributed by atoms with E-state index in [1.54, 1.807) is 0 Å². The molecule has 0 aromatic carbocycles. The van der Waals surface area contributed by atoms with Gasteiger partial charge in [0.15, 0.2) is 0 Å². The lowest BCUT2D eigenvalue weighted by molar-refractivity contribution is -0.0576. The van der Waals surface area contributed by atoms with Crippen LogP contribution in [0.4, 0.5) is 0 Å². The van der Waals surface area contributed by atoms with E-state index < -0.39 is 0 Å². The first kappa shape index (κ1) is 8.55. The maximum absolute atomic E-state index is 5.70. The van der Waals surface area contributed by atoms with Crippen LogP contribution in [0.3, 0.4) is 0 Å². The lowest BCUT2D eigenvalue weighted by atomic mass is 9.72. The highest BCUT2D eigenvalue weighted by molar-refractivity contribution is 4.82. The van der Waals surface area contributed by atoms with Crippen molar-refractivity contribution in [2.24, 2.45) is 17.8 Å². The van der Waals surface area contributed by atoms with E-state index in [9.17, 15) is 0 Å². The average molecular weight is 168 g/mol. The van der Waals surface area contributed by atoms with Crippen LogP contribution in [-0.4, -0.2) is 12.7 Å². The highest BCUT2D eigenvalue weighted by Gasteiger charge is 2.33. The van der Waals surface area contributed by atoms with E-state index in [2.05, 4.69) is 13.8 Å². The van der Waals surface area contributed by atoms with Gasteiger partial charge in [0.1, 0.15) is 0 Å². The highest BCUT2D eigenvalue weighted by Crippen LogP contribution is 2.39. The van der Waals surface area contributed by atoms with Crippen molar-refractivity contribution in [1.29, 1.82) is 0 Å². The van der Waals surface area contributed by atoms with Crippen LogP contribution >= 0.6 is 0 Å². The third kappa shape index (κ3) is 1.66. The van der Waals surface area contributed by atoms with Gasteiger partial charge in [0.2, 0.25) is 0 Å². The molecule has 1 nitrogen and oxygen atoms in total. The molecule has 1 heteroatoms. The standard InChI is InChI=1S/C11H20O/c1-8-3-4-10-6-9(2)12-7-11(10)5-8/h8-11H,3-7H2,1-2H3. The van der Waals surface area contributed by atoms with E-state index in [0.717, 1.165) is 24.4 Å². The number of rotatable bonds is 0. The van der Waals surface area contributed by atoms with E-state index in [1.165, 1.54) is 25.7 Å². The van der Waals surface area contributed by atoms with Gasteiger partial charge >= 0.3 is 0 Å². The molecule has 0 spiro atoms. The van der Waals surface area contributed by atoms with Gasteiger partial charge in [-0.2, -0.15) is 0 Å². The summed E-state index contributed by atoms with van der Waals surface area (Å²) in [6.07, 6.45) is 6.17. The third-order valence-corrected chi connectivity index (χ3v) is 3.63. The first-order valence-corrected chi connectivity index (χ1v) is 5.37. The van der Waals surface area contributed by atoms with Gasteiger partial charge in [-0.05, 0) is 43.9 Å². The fourth-order valence-electron chi connectivity index (χ4n) is 2.86. The maximum atomic E-state index is 5.70.